The minimum Gasteiger partial charge on any atom is -0.338 e. The maximum atomic E-state index is 13.8. The summed E-state index contributed by atoms with van der Waals surface area (Å²) in [6, 6.07) is 2.23. The van der Waals surface area contributed by atoms with Gasteiger partial charge in [0.15, 0.2) is 5.82 Å². The van der Waals surface area contributed by atoms with Crippen LogP contribution in [0.25, 0.3) is 0 Å². The SMILES string of the molecule is CC1c2cc(F)cc(F)c2CCN1Cc1noc(CN)n1.Cl. The average molecular weight is 331 g/mol. The first-order chi connectivity index (χ1) is 10.1. The number of halogens is 3. The Balaban J connectivity index is 0.00000176. The highest BCUT2D eigenvalue weighted by atomic mass is 35.5. The van der Waals surface area contributed by atoms with Gasteiger partial charge in [-0.15, -0.1) is 12.4 Å². The van der Waals surface area contributed by atoms with E-state index in [0.717, 1.165) is 6.07 Å². The van der Waals surface area contributed by atoms with Gasteiger partial charge in [0, 0.05) is 18.7 Å². The van der Waals surface area contributed by atoms with Crippen molar-refractivity contribution in [2.24, 2.45) is 5.73 Å². The van der Waals surface area contributed by atoms with Crippen molar-refractivity contribution >= 4 is 12.4 Å². The Kier molecular flexibility index (Phi) is 5.10. The van der Waals surface area contributed by atoms with Gasteiger partial charge in [0.2, 0.25) is 5.89 Å². The van der Waals surface area contributed by atoms with E-state index in [0.29, 0.717) is 42.4 Å². The van der Waals surface area contributed by atoms with E-state index in [1.54, 1.807) is 0 Å². The third-order valence-corrected chi connectivity index (χ3v) is 3.87. The molecule has 1 unspecified atom stereocenters. The monoisotopic (exact) mass is 330 g/mol. The fraction of sp³-hybridized carbons (Fsp3) is 0.429. The minimum atomic E-state index is -0.551. The molecule has 0 aliphatic carbocycles. The van der Waals surface area contributed by atoms with Crippen molar-refractivity contribution in [1.29, 1.82) is 0 Å². The summed E-state index contributed by atoms with van der Waals surface area (Å²) in [4.78, 5) is 6.22. The fourth-order valence-electron chi connectivity index (χ4n) is 2.74. The fourth-order valence-corrected chi connectivity index (χ4v) is 2.74. The molecule has 0 saturated carbocycles. The maximum Gasteiger partial charge on any atom is 0.240 e. The Hall–Kier alpha value is -1.57. The van der Waals surface area contributed by atoms with Crippen LogP contribution in [0.15, 0.2) is 16.7 Å². The molecule has 8 heteroatoms. The Bertz CT molecular complexity index is 664. The van der Waals surface area contributed by atoms with Gasteiger partial charge in [0.05, 0.1) is 13.1 Å². The molecule has 1 aliphatic heterocycles. The van der Waals surface area contributed by atoms with Crippen LogP contribution in [0.4, 0.5) is 8.78 Å². The van der Waals surface area contributed by atoms with Crippen LogP contribution >= 0.6 is 12.4 Å². The zero-order valence-electron chi connectivity index (χ0n) is 12.1. The van der Waals surface area contributed by atoms with Gasteiger partial charge in [-0.25, -0.2) is 8.78 Å². The lowest BCUT2D eigenvalue weighted by Crippen LogP contribution is -2.34. The predicted molar refractivity (Wildman–Crippen MR) is 78.3 cm³/mol. The maximum absolute atomic E-state index is 13.8. The van der Waals surface area contributed by atoms with Crippen LogP contribution in [0, 0.1) is 11.6 Å². The van der Waals surface area contributed by atoms with Gasteiger partial charge < -0.3 is 10.3 Å². The Morgan fingerprint density at radius 2 is 2.18 bits per heavy atom. The Morgan fingerprint density at radius 1 is 1.41 bits per heavy atom. The zero-order chi connectivity index (χ0) is 15.0. The quantitative estimate of drug-likeness (QED) is 0.935. The average Bonchev–Trinajstić information content (AvgIpc) is 2.90. The summed E-state index contributed by atoms with van der Waals surface area (Å²) in [7, 11) is 0. The second-order valence-corrected chi connectivity index (χ2v) is 5.16. The van der Waals surface area contributed by atoms with E-state index in [-0.39, 0.29) is 25.0 Å². The van der Waals surface area contributed by atoms with Crippen molar-refractivity contribution in [3.63, 3.8) is 0 Å². The largest absolute Gasteiger partial charge is 0.338 e. The third-order valence-electron chi connectivity index (χ3n) is 3.87. The molecule has 1 aromatic carbocycles. The molecule has 0 saturated heterocycles. The van der Waals surface area contributed by atoms with Crippen LogP contribution in [0.3, 0.4) is 0 Å². The highest BCUT2D eigenvalue weighted by molar-refractivity contribution is 5.85. The number of hydrogen-bond donors (Lipinski definition) is 1. The number of nitrogens with two attached hydrogens (primary N) is 1. The highest BCUT2D eigenvalue weighted by Gasteiger charge is 2.27. The number of aromatic nitrogens is 2. The van der Waals surface area contributed by atoms with Gasteiger partial charge >= 0.3 is 0 Å². The smallest absolute Gasteiger partial charge is 0.240 e. The van der Waals surface area contributed by atoms with E-state index in [9.17, 15) is 8.78 Å². The normalized spacial score (nSPS) is 17.9. The van der Waals surface area contributed by atoms with Crippen LogP contribution in [0.2, 0.25) is 0 Å². The van der Waals surface area contributed by atoms with E-state index in [1.807, 2.05) is 6.92 Å². The summed E-state index contributed by atoms with van der Waals surface area (Å²) in [6.07, 6.45) is 0.535. The van der Waals surface area contributed by atoms with Gasteiger partial charge in [0.1, 0.15) is 11.6 Å². The standard InChI is InChI=1S/C14H16F2N4O.ClH/c1-8-11-4-9(15)5-12(16)10(11)2-3-20(8)7-13-18-14(6-17)21-19-13;/h4-5,8H,2-3,6-7,17H2,1H3;1H. The first-order valence-electron chi connectivity index (χ1n) is 6.82. The molecule has 2 heterocycles. The molecule has 2 N–H and O–H groups in total. The molecular formula is C14H17ClF2N4O. The van der Waals surface area contributed by atoms with Crippen LogP contribution in [0.5, 0.6) is 0 Å². The van der Waals surface area contributed by atoms with E-state index in [2.05, 4.69) is 15.0 Å². The van der Waals surface area contributed by atoms with Gasteiger partial charge in [-0.1, -0.05) is 5.16 Å². The minimum absolute atomic E-state index is 0. The zero-order valence-corrected chi connectivity index (χ0v) is 12.9. The first kappa shape index (κ1) is 16.8. The van der Waals surface area contributed by atoms with Crippen LogP contribution in [-0.4, -0.2) is 21.6 Å². The number of benzene rings is 1. The number of nitrogens with zero attached hydrogens (tertiary/aromatic N) is 3. The summed E-state index contributed by atoms with van der Waals surface area (Å²) < 4.78 is 32.2. The molecule has 3 rings (SSSR count). The van der Waals surface area contributed by atoms with Crippen molar-refractivity contribution in [3.8, 4) is 0 Å². The molecule has 0 bridgehead atoms. The lowest BCUT2D eigenvalue weighted by molar-refractivity contribution is 0.180. The summed E-state index contributed by atoms with van der Waals surface area (Å²) in [5.41, 5.74) is 6.70. The van der Waals surface area contributed by atoms with Crippen molar-refractivity contribution < 1.29 is 13.3 Å². The van der Waals surface area contributed by atoms with E-state index in [1.165, 1.54) is 6.07 Å². The highest BCUT2D eigenvalue weighted by Crippen LogP contribution is 2.32. The molecule has 0 spiro atoms. The summed E-state index contributed by atoms with van der Waals surface area (Å²) in [6.45, 7) is 3.23. The van der Waals surface area contributed by atoms with Gasteiger partial charge in [-0.05, 0) is 30.5 Å². The molecular weight excluding hydrogens is 314 g/mol. The second-order valence-electron chi connectivity index (χ2n) is 5.16. The molecule has 1 atom stereocenters. The lowest BCUT2D eigenvalue weighted by atomic mass is 9.93. The number of rotatable bonds is 3. The predicted octanol–water partition coefficient (Wildman–Crippen LogP) is 2.35. The van der Waals surface area contributed by atoms with Crippen LogP contribution < -0.4 is 5.73 Å². The van der Waals surface area contributed by atoms with Crippen LogP contribution in [0.1, 0.15) is 35.8 Å². The first-order valence-corrected chi connectivity index (χ1v) is 6.82. The summed E-state index contributed by atoms with van der Waals surface area (Å²) in [5.74, 6) is -0.110. The Morgan fingerprint density at radius 3 is 2.86 bits per heavy atom. The van der Waals surface area contributed by atoms with Crippen LogP contribution in [-0.2, 0) is 19.5 Å². The molecule has 1 aromatic heterocycles. The molecule has 1 aliphatic rings. The lowest BCUT2D eigenvalue weighted by Gasteiger charge is -2.34. The van der Waals surface area contributed by atoms with E-state index >= 15 is 0 Å². The van der Waals surface area contributed by atoms with E-state index < -0.39 is 11.6 Å². The molecule has 22 heavy (non-hydrogen) atoms. The van der Waals surface area contributed by atoms with Crippen molar-refractivity contribution in [1.82, 2.24) is 15.0 Å². The summed E-state index contributed by atoms with van der Waals surface area (Å²) in [5, 5.41) is 3.85. The molecule has 0 radical (unpaired) electrons. The molecule has 0 fully saturated rings. The summed E-state index contributed by atoms with van der Waals surface area (Å²) >= 11 is 0. The molecule has 0 amide bonds. The second kappa shape index (κ2) is 6.68. The van der Waals surface area contributed by atoms with Crippen molar-refractivity contribution in [3.05, 3.63) is 46.6 Å². The van der Waals surface area contributed by atoms with Gasteiger partial charge in [0.25, 0.3) is 0 Å². The van der Waals surface area contributed by atoms with Gasteiger partial charge in [-0.3, -0.25) is 4.90 Å². The topological polar surface area (TPSA) is 68.2 Å². The number of fused-ring (bicyclic) bond motifs is 1. The molecule has 120 valence electrons. The Labute approximate surface area is 132 Å². The molecule has 2 aromatic rings. The molecule has 5 nitrogen and oxygen atoms in total. The third kappa shape index (κ3) is 3.11. The number of hydrogen-bond acceptors (Lipinski definition) is 5. The van der Waals surface area contributed by atoms with Crippen molar-refractivity contribution in [2.45, 2.75) is 32.5 Å². The van der Waals surface area contributed by atoms with Gasteiger partial charge in [-0.2, -0.15) is 4.98 Å². The van der Waals surface area contributed by atoms with Crippen molar-refractivity contribution in [2.75, 3.05) is 6.54 Å². The van der Waals surface area contributed by atoms with E-state index in [4.69, 9.17) is 10.3 Å².